The number of ether oxygens (including phenoxy) is 3. The lowest BCUT2D eigenvalue weighted by Gasteiger charge is -2.18. The Morgan fingerprint density at radius 2 is 0.549 bits per heavy atom. The zero-order chi connectivity index (χ0) is 51.4. The molecule has 0 N–H and O–H groups in total. The maximum absolute atomic E-state index is 12.9. The predicted molar refractivity (Wildman–Crippen MR) is 307 cm³/mol. The Morgan fingerprint density at radius 1 is 0.296 bits per heavy atom. The molecule has 0 saturated carbocycles. The van der Waals surface area contributed by atoms with Gasteiger partial charge >= 0.3 is 17.9 Å². The van der Waals surface area contributed by atoms with E-state index in [9.17, 15) is 14.4 Å². The first-order valence-corrected chi connectivity index (χ1v) is 29.7. The van der Waals surface area contributed by atoms with Gasteiger partial charge in [-0.1, -0.05) is 240 Å². The van der Waals surface area contributed by atoms with Crippen LogP contribution in [0.2, 0.25) is 0 Å². The Hall–Kier alpha value is -3.67. The molecule has 6 nitrogen and oxygen atoms in total. The summed E-state index contributed by atoms with van der Waals surface area (Å²) in [5.41, 5.74) is 0. The van der Waals surface area contributed by atoms with E-state index < -0.39 is 6.10 Å². The summed E-state index contributed by atoms with van der Waals surface area (Å²) in [6, 6.07) is 0. The van der Waals surface area contributed by atoms with Crippen molar-refractivity contribution in [3.05, 3.63) is 97.2 Å². The maximum atomic E-state index is 12.9. The summed E-state index contributed by atoms with van der Waals surface area (Å²) in [6.45, 7) is 6.40. The maximum Gasteiger partial charge on any atom is 0.306 e. The van der Waals surface area contributed by atoms with E-state index in [4.69, 9.17) is 14.2 Å². The average molecular weight is 988 g/mol. The minimum atomic E-state index is -0.797. The summed E-state index contributed by atoms with van der Waals surface area (Å²) in [5.74, 6) is -0.922. The highest BCUT2D eigenvalue weighted by molar-refractivity contribution is 5.71. The molecule has 0 aliphatic rings. The van der Waals surface area contributed by atoms with Gasteiger partial charge in [0.25, 0.3) is 0 Å². The largest absolute Gasteiger partial charge is 0.462 e. The van der Waals surface area contributed by atoms with Crippen molar-refractivity contribution in [2.45, 2.75) is 284 Å². The first kappa shape index (κ1) is 67.3. The zero-order valence-corrected chi connectivity index (χ0v) is 46.5. The van der Waals surface area contributed by atoms with E-state index in [1.165, 1.54) is 116 Å². The Balaban J connectivity index is 4.43. The van der Waals surface area contributed by atoms with Gasteiger partial charge in [0.2, 0.25) is 0 Å². The highest BCUT2D eigenvalue weighted by Crippen LogP contribution is 2.15. The van der Waals surface area contributed by atoms with Gasteiger partial charge in [0, 0.05) is 19.3 Å². The van der Waals surface area contributed by atoms with E-state index >= 15 is 0 Å². The van der Waals surface area contributed by atoms with Gasteiger partial charge in [-0.15, -0.1) is 0 Å². The molecule has 406 valence electrons. The Bertz CT molecular complexity index is 1410. The Labute approximate surface area is 438 Å². The van der Waals surface area contributed by atoms with Crippen LogP contribution in [0, 0.1) is 0 Å². The van der Waals surface area contributed by atoms with Crippen molar-refractivity contribution < 1.29 is 28.6 Å². The molecule has 0 aliphatic heterocycles. The third-order valence-electron chi connectivity index (χ3n) is 12.6. The third kappa shape index (κ3) is 57.1. The van der Waals surface area contributed by atoms with Crippen molar-refractivity contribution in [3.63, 3.8) is 0 Å². The summed E-state index contributed by atoms with van der Waals surface area (Å²) < 4.78 is 16.9. The fourth-order valence-corrected chi connectivity index (χ4v) is 8.15. The van der Waals surface area contributed by atoms with Crippen LogP contribution in [0.3, 0.4) is 0 Å². The van der Waals surface area contributed by atoms with Gasteiger partial charge in [-0.3, -0.25) is 14.4 Å². The van der Waals surface area contributed by atoms with Crippen LogP contribution >= 0.6 is 0 Å². The number of allylic oxidation sites excluding steroid dienone is 16. The summed E-state index contributed by atoms with van der Waals surface area (Å²) in [6.07, 6.45) is 78.2. The average Bonchev–Trinajstić information content (AvgIpc) is 3.37. The van der Waals surface area contributed by atoms with E-state index in [1.54, 1.807) is 0 Å². The van der Waals surface area contributed by atoms with E-state index in [0.29, 0.717) is 19.3 Å². The summed E-state index contributed by atoms with van der Waals surface area (Å²) >= 11 is 0. The van der Waals surface area contributed by atoms with Gasteiger partial charge in [-0.2, -0.15) is 0 Å². The predicted octanol–water partition coefficient (Wildman–Crippen LogP) is 20.1. The number of esters is 3. The van der Waals surface area contributed by atoms with E-state index in [0.717, 1.165) is 122 Å². The van der Waals surface area contributed by atoms with E-state index in [2.05, 4.69) is 118 Å². The molecule has 71 heavy (non-hydrogen) atoms. The SMILES string of the molecule is CC/C=C\C/C=C\C/C=C\C/C=C\CCCCCCC(=O)OC(COC(=O)CCCCCCCCC/C=C\C/C=C\C/C=C\CC)COC(=O)CCCCCCCCCCC/C=C\CCCCCCCC. The molecule has 6 heteroatoms. The highest BCUT2D eigenvalue weighted by Gasteiger charge is 2.19. The lowest BCUT2D eigenvalue weighted by molar-refractivity contribution is -0.167. The molecule has 0 aromatic rings. The molecule has 0 bridgehead atoms. The minimum absolute atomic E-state index is 0.0918. The molecule has 0 aromatic heterocycles. The van der Waals surface area contributed by atoms with Gasteiger partial charge in [0.1, 0.15) is 13.2 Å². The molecule has 0 aromatic carbocycles. The van der Waals surface area contributed by atoms with Gasteiger partial charge in [0.15, 0.2) is 6.10 Å². The molecule has 1 unspecified atom stereocenters. The van der Waals surface area contributed by atoms with Crippen molar-refractivity contribution in [2.75, 3.05) is 13.2 Å². The molecule has 0 saturated heterocycles. The van der Waals surface area contributed by atoms with E-state index in [1.807, 2.05) is 0 Å². The second-order valence-corrected chi connectivity index (χ2v) is 19.5. The van der Waals surface area contributed by atoms with Crippen LogP contribution < -0.4 is 0 Å². The minimum Gasteiger partial charge on any atom is -0.462 e. The molecule has 0 fully saturated rings. The summed E-state index contributed by atoms with van der Waals surface area (Å²) in [5, 5.41) is 0. The number of carbonyl (C=O) groups is 3. The van der Waals surface area contributed by atoms with Crippen molar-refractivity contribution in [1.82, 2.24) is 0 Å². The molecule has 0 heterocycles. The van der Waals surface area contributed by atoms with Crippen LogP contribution in [0.25, 0.3) is 0 Å². The molecule has 0 rings (SSSR count). The topological polar surface area (TPSA) is 78.9 Å². The fourth-order valence-electron chi connectivity index (χ4n) is 8.15. The molecular weight excluding hydrogens is 877 g/mol. The van der Waals surface area contributed by atoms with Crippen LogP contribution in [-0.4, -0.2) is 37.2 Å². The summed E-state index contributed by atoms with van der Waals surface area (Å²) in [4.78, 5) is 38.2. The van der Waals surface area contributed by atoms with Gasteiger partial charge in [-0.25, -0.2) is 0 Å². The molecule has 0 aliphatic carbocycles. The van der Waals surface area contributed by atoms with Crippen molar-refractivity contribution >= 4 is 17.9 Å². The normalized spacial score (nSPS) is 12.8. The van der Waals surface area contributed by atoms with Crippen LogP contribution in [0.1, 0.15) is 278 Å². The van der Waals surface area contributed by atoms with Crippen molar-refractivity contribution in [1.29, 1.82) is 0 Å². The molecule has 0 spiro atoms. The Morgan fingerprint density at radius 3 is 0.873 bits per heavy atom. The van der Waals surface area contributed by atoms with Crippen LogP contribution in [0.4, 0.5) is 0 Å². The first-order chi connectivity index (χ1) is 35.0. The lowest BCUT2D eigenvalue weighted by atomic mass is 10.1. The number of rotatable bonds is 53. The second-order valence-electron chi connectivity index (χ2n) is 19.5. The molecule has 0 amide bonds. The molecule has 0 radical (unpaired) electrons. The van der Waals surface area contributed by atoms with Crippen LogP contribution in [0.5, 0.6) is 0 Å². The standard InChI is InChI=1S/C65H110O6/c1-4-7-10-13-16-19-22-25-28-31-32-35-37-40-43-46-49-52-55-58-64(67)70-61-62(71-65(68)59-56-53-50-47-44-41-38-34-30-27-24-21-18-15-12-9-6-3)60-69-63(66)57-54-51-48-45-42-39-36-33-29-26-23-20-17-14-11-8-5-2/h8-9,11-12,17-18,20-21,25-30,38,41,62H,4-7,10,13-16,19,22-24,31-37,39-40,42-61H2,1-3H3/b11-8-,12-9-,20-17-,21-18-,28-25-,29-26-,30-27-,41-38-. The highest BCUT2D eigenvalue weighted by atomic mass is 16.6. The third-order valence-corrected chi connectivity index (χ3v) is 12.6. The smallest absolute Gasteiger partial charge is 0.306 e. The quantitative estimate of drug-likeness (QED) is 0.0261. The van der Waals surface area contributed by atoms with Gasteiger partial charge in [-0.05, 0) is 116 Å². The molecular formula is C65H110O6. The second kappa shape index (κ2) is 58.9. The number of unbranched alkanes of at least 4 members (excludes halogenated alkanes) is 26. The Kier molecular flexibility index (Phi) is 55.9. The van der Waals surface area contributed by atoms with Crippen molar-refractivity contribution in [3.8, 4) is 0 Å². The first-order valence-electron chi connectivity index (χ1n) is 29.7. The number of hydrogen-bond acceptors (Lipinski definition) is 6. The number of carbonyl (C=O) groups excluding carboxylic acids is 3. The monoisotopic (exact) mass is 987 g/mol. The zero-order valence-electron chi connectivity index (χ0n) is 46.5. The molecule has 1 atom stereocenters. The summed E-state index contributed by atoms with van der Waals surface area (Å²) in [7, 11) is 0. The van der Waals surface area contributed by atoms with Gasteiger partial charge in [0.05, 0.1) is 0 Å². The van der Waals surface area contributed by atoms with Crippen molar-refractivity contribution in [2.24, 2.45) is 0 Å². The lowest BCUT2D eigenvalue weighted by Crippen LogP contribution is -2.30. The van der Waals surface area contributed by atoms with Gasteiger partial charge < -0.3 is 14.2 Å². The van der Waals surface area contributed by atoms with Crippen LogP contribution in [0.15, 0.2) is 97.2 Å². The van der Waals surface area contributed by atoms with Crippen LogP contribution in [-0.2, 0) is 28.6 Å². The van der Waals surface area contributed by atoms with E-state index in [-0.39, 0.29) is 31.1 Å². The fraction of sp³-hybridized carbons (Fsp3) is 0.708. The number of hydrogen-bond donors (Lipinski definition) is 0.